The third-order valence-electron chi connectivity index (χ3n) is 4.84. The number of nitrogens with one attached hydrogen (secondary N) is 2. The highest BCUT2D eigenvalue weighted by atomic mass is 79.9. The van der Waals surface area contributed by atoms with Crippen LogP contribution >= 0.6 is 15.9 Å². The van der Waals surface area contributed by atoms with Crippen LogP contribution in [-0.4, -0.2) is 16.0 Å². The van der Waals surface area contributed by atoms with Gasteiger partial charge in [0.2, 0.25) is 0 Å². The maximum atomic E-state index is 13.3. The molecule has 0 aliphatic rings. The maximum absolute atomic E-state index is 13.3. The van der Waals surface area contributed by atoms with E-state index in [0.29, 0.717) is 17.2 Å². The summed E-state index contributed by atoms with van der Waals surface area (Å²) in [6, 6.07) is 8.00. The van der Waals surface area contributed by atoms with Crippen LogP contribution in [0.5, 0.6) is 0 Å². The zero-order valence-electron chi connectivity index (χ0n) is 17.4. The first-order valence-corrected chi connectivity index (χ1v) is 10.4. The van der Waals surface area contributed by atoms with E-state index in [4.69, 9.17) is 0 Å². The number of benzene rings is 2. The topological polar surface area (TPSA) is 49.8 Å². The molecule has 0 spiro atoms. The summed E-state index contributed by atoms with van der Waals surface area (Å²) in [4.78, 5) is 9.04. The van der Waals surface area contributed by atoms with E-state index in [1.165, 1.54) is 13.0 Å². The molecule has 0 aliphatic heterocycles. The van der Waals surface area contributed by atoms with Crippen molar-refractivity contribution in [2.24, 2.45) is 0 Å². The molecule has 1 atom stereocenters. The summed E-state index contributed by atoms with van der Waals surface area (Å²) in [6.45, 7) is 9.22. The molecule has 2 aromatic carbocycles. The monoisotopic (exact) mass is 480 g/mol. The van der Waals surface area contributed by atoms with E-state index in [1.54, 1.807) is 13.0 Å². The molecule has 3 aromatic rings. The highest BCUT2D eigenvalue weighted by Gasteiger charge is 2.33. The molecule has 1 heterocycles. The SMILES string of the molecule is Cc1nc(N[C@H](C)c2cccc(C(F)(F)F)c2C)c2cc(Br)c(NC(C)C)cc2n1. The van der Waals surface area contributed by atoms with Crippen molar-refractivity contribution in [1.29, 1.82) is 0 Å². The Hall–Kier alpha value is -2.35. The van der Waals surface area contributed by atoms with Crippen molar-refractivity contribution in [3.05, 3.63) is 57.3 Å². The Kier molecular flexibility index (Phi) is 6.26. The molecule has 0 radical (unpaired) electrons. The van der Waals surface area contributed by atoms with Gasteiger partial charge >= 0.3 is 6.18 Å². The Morgan fingerprint density at radius 1 is 1.00 bits per heavy atom. The third-order valence-corrected chi connectivity index (χ3v) is 5.50. The molecule has 2 N–H and O–H groups in total. The number of alkyl halides is 3. The zero-order chi connectivity index (χ0) is 22.2. The largest absolute Gasteiger partial charge is 0.416 e. The van der Waals surface area contributed by atoms with Crippen LogP contribution in [0.3, 0.4) is 0 Å². The minimum atomic E-state index is -4.39. The molecule has 8 heteroatoms. The molecule has 0 saturated heterocycles. The lowest BCUT2D eigenvalue weighted by Gasteiger charge is -2.21. The van der Waals surface area contributed by atoms with E-state index >= 15 is 0 Å². The molecular weight excluding hydrogens is 457 g/mol. The zero-order valence-corrected chi connectivity index (χ0v) is 19.0. The van der Waals surface area contributed by atoms with Crippen LogP contribution in [0.4, 0.5) is 24.7 Å². The number of anilines is 2. The fraction of sp³-hybridized carbons (Fsp3) is 0.364. The highest BCUT2D eigenvalue weighted by Crippen LogP contribution is 2.36. The van der Waals surface area contributed by atoms with Crippen molar-refractivity contribution in [2.75, 3.05) is 10.6 Å². The van der Waals surface area contributed by atoms with Crippen molar-refractivity contribution in [3.8, 4) is 0 Å². The summed E-state index contributed by atoms with van der Waals surface area (Å²) >= 11 is 3.58. The molecule has 0 unspecified atom stereocenters. The third kappa shape index (κ3) is 4.69. The molecule has 0 bridgehead atoms. The molecule has 0 aliphatic carbocycles. The minimum absolute atomic E-state index is 0.213. The second-order valence-electron chi connectivity index (χ2n) is 7.65. The second-order valence-corrected chi connectivity index (χ2v) is 8.51. The first-order valence-electron chi connectivity index (χ1n) is 9.65. The van der Waals surface area contributed by atoms with Crippen LogP contribution in [0, 0.1) is 13.8 Å². The van der Waals surface area contributed by atoms with Gasteiger partial charge < -0.3 is 10.6 Å². The standard InChI is InChI=1S/C22H24BrF3N4/c1-11(2)27-20-10-19-16(9-18(20)23)21(30-14(5)29-19)28-13(4)15-7-6-8-17(12(15)3)22(24,25)26/h6-11,13,27H,1-5H3,(H,28,29,30)/t13-/m1/s1. The van der Waals surface area contributed by atoms with Gasteiger partial charge in [-0.25, -0.2) is 9.97 Å². The molecule has 0 saturated carbocycles. The van der Waals surface area contributed by atoms with Gasteiger partial charge in [-0.3, -0.25) is 0 Å². The molecule has 160 valence electrons. The lowest BCUT2D eigenvalue weighted by Crippen LogP contribution is -2.15. The number of aromatic nitrogens is 2. The van der Waals surface area contributed by atoms with Gasteiger partial charge in [0, 0.05) is 15.9 Å². The van der Waals surface area contributed by atoms with Gasteiger partial charge in [-0.2, -0.15) is 13.2 Å². The number of rotatable bonds is 5. The lowest BCUT2D eigenvalue weighted by atomic mass is 9.97. The Labute approximate surface area is 182 Å². The molecule has 1 aromatic heterocycles. The van der Waals surface area contributed by atoms with Crippen LogP contribution in [0.2, 0.25) is 0 Å². The Bertz CT molecular complexity index is 1080. The van der Waals surface area contributed by atoms with Crippen molar-refractivity contribution in [3.63, 3.8) is 0 Å². The quantitative estimate of drug-likeness (QED) is 0.411. The van der Waals surface area contributed by atoms with Crippen LogP contribution in [0.25, 0.3) is 10.9 Å². The summed E-state index contributed by atoms with van der Waals surface area (Å²) in [7, 11) is 0. The van der Waals surface area contributed by atoms with Gasteiger partial charge in [0.05, 0.1) is 22.8 Å². The van der Waals surface area contributed by atoms with Gasteiger partial charge in [0.15, 0.2) is 0 Å². The van der Waals surface area contributed by atoms with Gasteiger partial charge in [-0.05, 0) is 79.9 Å². The van der Waals surface area contributed by atoms with Crippen LogP contribution < -0.4 is 10.6 Å². The Morgan fingerprint density at radius 2 is 1.70 bits per heavy atom. The molecule has 3 rings (SSSR count). The Morgan fingerprint density at radius 3 is 2.33 bits per heavy atom. The fourth-order valence-electron chi connectivity index (χ4n) is 3.51. The lowest BCUT2D eigenvalue weighted by molar-refractivity contribution is -0.138. The van der Waals surface area contributed by atoms with Crippen LogP contribution in [0.1, 0.15) is 49.3 Å². The normalized spacial score (nSPS) is 13.0. The van der Waals surface area contributed by atoms with Crippen molar-refractivity contribution in [1.82, 2.24) is 9.97 Å². The molecule has 0 fully saturated rings. The average molecular weight is 481 g/mol. The van der Waals surface area contributed by atoms with Crippen molar-refractivity contribution in [2.45, 2.75) is 52.9 Å². The van der Waals surface area contributed by atoms with Gasteiger partial charge in [-0.15, -0.1) is 0 Å². The molecule has 0 amide bonds. The highest BCUT2D eigenvalue weighted by molar-refractivity contribution is 9.10. The predicted octanol–water partition coefficient (Wildman–Crippen LogP) is 7.02. The van der Waals surface area contributed by atoms with Gasteiger partial charge in [0.25, 0.3) is 0 Å². The second kappa shape index (κ2) is 8.41. The number of fused-ring (bicyclic) bond motifs is 1. The molecule has 30 heavy (non-hydrogen) atoms. The molecule has 4 nitrogen and oxygen atoms in total. The van der Waals surface area contributed by atoms with Gasteiger partial charge in [0.1, 0.15) is 11.6 Å². The van der Waals surface area contributed by atoms with E-state index in [2.05, 4.69) is 36.5 Å². The van der Waals surface area contributed by atoms with Crippen LogP contribution in [-0.2, 0) is 6.18 Å². The smallest absolute Gasteiger partial charge is 0.382 e. The van der Waals surface area contributed by atoms with E-state index in [-0.39, 0.29) is 17.6 Å². The van der Waals surface area contributed by atoms with Crippen LogP contribution in [0.15, 0.2) is 34.8 Å². The first kappa shape index (κ1) is 22.3. The fourth-order valence-corrected chi connectivity index (χ4v) is 3.97. The summed E-state index contributed by atoms with van der Waals surface area (Å²) in [6.07, 6.45) is -4.39. The molecular formula is C22H24BrF3N4. The Balaban J connectivity index is 2.03. The summed E-state index contributed by atoms with van der Waals surface area (Å²) in [5.74, 6) is 1.16. The van der Waals surface area contributed by atoms with E-state index < -0.39 is 11.7 Å². The summed E-state index contributed by atoms with van der Waals surface area (Å²) < 4.78 is 40.8. The first-order chi connectivity index (χ1) is 14.0. The van der Waals surface area contributed by atoms with E-state index in [0.717, 1.165) is 27.1 Å². The van der Waals surface area contributed by atoms with Crippen molar-refractivity contribution < 1.29 is 13.2 Å². The summed E-state index contributed by atoms with van der Waals surface area (Å²) in [5, 5.41) is 7.44. The number of hydrogen-bond acceptors (Lipinski definition) is 4. The summed E-state index contributed by atoms with van der Waals surface area (Å²) in [5.41, 5.74) is 1.84. The van der Waals surface area contributed by atoms with E-state index in [1.807, 2.05) is 32.9 Å². The number of halogens is 4. The number of aryl methyl sites for hydroxylation is 1. The maximum Gasteiger partial charge on any atom is 0.416 e. The minimum Gasteiger partial charge on any atom is -0.382 e. The predicted molar refractivity (Wildman–Crippen MR) is 119 cm³/mol. The number of hydrogen-bond donors (Lipinski definition) is 2. The number of nitrogens with zero attached hydrogens (tertiary/aromatic N) is 2. The van der Waals surface area contributed by atoms with E-state index in [9.17, 15) is 13.2 Å². The average Bonchev–Trinajstić information content (AvgIpc) is 2.61. The van der Waals surface area contributed by atoms with Crippen molar-refractivity contribution >= 4 is 38.3 Å². The van der Waals surface area contributed by atoms with Gasteiger partial charge in [-0.1, -0.05) is 12.1 Å².